The van der Waals surface area contributed by atoms with Crippen molar-refractivity contribution in [3.8, 4) is 0 Å². The fraction of sp³-hybridized carbons (Fsp3) is 0.430. The summed E-state index contributed by atoms with van der Waals surface area (Å²) in [7, 11) is -20.3. The van der Waals surface area contributed by atoms with Crippen molar-refractivity contribution in [3.05, 3.63) is 188 Å². The Hall–Kier alpha value is -9.92. The van der Waals surface area contributed by atoms with Gasteiger partial charge in [-0.3, -0.25) is 0 Å². The van der Waals surface area contributed by atoms with Crippen LogP contribution in [0.1, 0.15) is 139 Å². The minimum absolute atomic E-state index is 0.00271. The summed E-state index contributed by atoms with van der Waals surface area (Å²) < 4.78 is 298. The summed E-state index contributed by atoms with van der Waals surface area (Å²) in [5.41, 5.74) is 3.21. The summed E-state index contributed by atoms with van der Waals surface area (Å²) in [5, 5.41) is 73.6. The van der Waals surface area contributed by atoms with Gasteiger partial charge in [0.15, 0.2) is 49.2 Å². The maximum absolute atomic E-state index is 13.7. The molecule has 0 saturated carbocycles. The van der Waals surface area contributed by atoms with Gasteiger partial charge in [0.1, 0.15) is 16.9 Å². The molecule has 47 heteroatoms. The summed E-state index contributed by atoms with van der Waals surface area (Å²) in [5.74, 6) is 0. The van der Waals surface area contributed by atoms with Crippen molar-refractivity contribution in [3.63, 3.8) is 0 Å². The van der Waals surface area contributed by atoms with Crippen molar-refractivity contribution in [2.24, 2.45) is 0 Å². The molecule has 10 atom stereocenters. The Morgan fingerprint density at radius 3 is 0.959 bits per heavy atom. The SMILES string of the molecule is CS(=O)(=O)c1c(Cl)ccc2c1c1cc(Cl)cnc1n2[C@H]1CCCNC[C@@H]1O.Cc1ccc2c(c1)c1c(S(C)(=O)=O)c(C(F)(F)F)ccc1n2[C@H]1CCCNC[C@@H]1O.Cc1ccc2c(c1)c1cc(C(F)(F)F)c(S(C)(=O)=O)cc1n2[C@H]1CCCNC[C@@H]1O.Cc1cnc2c(c1)c1c(S(C)(=O)=O)c(C(F)(F)F)ccc1n2[C@H]1CCCNC[C@@H]1O.Cc1cnc2c(c1)c1cc(C(F)(F)F)c(S(C)(=O)=O)cc1n2[C@H]1CCCNC[C@@H]1O. The van der Waals surface area contributed by atoms with Crippen molar-refractivity contribution in [1.82, 2.24) is 64.4 Å². The first-order chi connectivity index (χ1) is 68.7. The van der Waals surface area contributed by atoms with E-state index in [2.05, 4.69) is 41.5 Å². The van der Waals surface area contributed by atoms with Crippen molar-refractivity contribution >= 4 is 182 Å². The second-order valence-electron chi connectivity index (χ2n) is 38.6. The standard InChI is InChI=1S/2C21H23F3N2O3S.2C20H22F3N3O3S.C18H19Cl2N3O3S/c1-12-5-7-15-13(10-12)19-17(26(15)16-4-3-9-25-11-18(16)27)8-6-14(21(22,23)24)20(19)30(2,28)29;1-12-5-6-16-13(8-12)14-9-15(21(22,23)24)20(30(2,28)29)10-18(14)26(16)17-4-3-7-25-11-19(17)27;1-11-8-12-17-15(6-5-13(20(21,22)23)18(17)30(2,28)29)26(19(12)25-9-11)14-4-3-7-24-10-16(14)27;1-11-6-13-12-7-14(20(21,22)23)18(30(2,28)29)8-16(12)26(19(13)25-9-11)15-4-3-5-24-10-17(15)27;1-27(25,26)17-12(20)4-5-14-16(17)11-7-10(19)8-22-18(11)23(14)13-3-2-6-21-9-15(13)24/h5-8,10,16,18,25,27H,3-4,9,11H2,1-2H3;5-6,8-10,17,19,25,27H,3-4,7,11H2,1-2H3;5-6,8-9,14,16,24,27H,3-4,7,10H2,1-2H3;6-9,15,17,24,27H,3-5,10H2,1-2H3;4-5,7-8,13,15,21,24H,2-3,6,9H2,1H3/t16-,18-;17-,19-;14-,16-;15-,17-;13-,15-/m00000/s1. The molecule has 13 heterocycles. The van der Waals surface area contributed by atoms with Gasteiger partial charge >= 0.3 is 24.7 Å². The molecule has 0 bridgehead atoms. The zero-order chi connectivity index (χ0) is 107. The monoisotopic (exact) mass is 2190 g/mol. The summed E-state index contributed by atoms with van der Waals surface area (Å²) in [6, 6.07) is 25.7. The van der Waals surface area contributed by atoms with Gasteiger partial charge in [0.2, 0.25) is 0 Å². The lowest BCUT2D eigenvalue weighted by molar-refractivity contribution is -0.140. The molecule has 0 radical (unpaired) electrons. The van der Waals surface area contributed by atoms with Crippen LogP contribution in [0.3, 0.4) is 0 Å². The van der Waals surface area contributed by atoms with Gasteiger partial charge in [-0.2, -0.15) is 52.7 Å². The van der Waals surface area contributed by atoms with Gasteiger partial charge in [0.05, 0.1) is 145 Å². The first-order valence-electron chi connectivity index (χ1n) is 47.3. The molecular weight excluding hydrogens is 2080 g/mol. The van der Waals surface area contributed by atoms with Crippen LogP contribution in [0.2, 0.25) is 10.0 Å². The van der Waals surface area contributed by atoms with Gasteiger partial charge in [-0.25, -0.2) is 57.0 Å². The quantitative estimate of drug-likeness (QED) is 0.0569. The number of halogens is 14. The molecule has 8 aromatic heterocycles. The number of sulfone groups is 5. The zero-order valence-corrected chi connectivity index (χ0v) is 86.4. The third kappa shape index (κ3) is 22.2. The molecular formula is C100H109Cl2F12N13O15S5. The molecule has 0 unspecified atom stereocenters. The van der Waals surface area contributed by atoms with Crippen LogP contribution in [0.5, 0.6) is 0 Å². The molecule has 147 heavy (non-hydrogen) atoms. The summed E-state index contributed by atoms with van der Waals surface area (Å²) >= 11 is 12.4. The number of aliphatic hydroxyl groups is 5. The van der Waals surface area contributed by atoms with E-state index < -0.39 is 158 Å². The van der Waals surface area contributed by atoms with Crippen LogP contribution in [-0.4, -0.2) is 233 Å². The number of aliphatic hydroxyl groups excluding tert-OH is 5. The van der Waals surface area contributed by atoms with Crippen LogP contribution < -0.4 is 26.6 Å². The summed E-state index contributed by atoms with van der Waals surface area (Å²) in [6.07, 6.45) is -6.85. The maximum atomic E-state index is 13.7. The lowest BCUT2D eigenvalue weighted by Gasteiger charge is -2.24. The number of rotatable bonds is 10. The number of aryl methyl sites for hydroxylation is 4. The Balaban J connectivity index is 0.000000131. The highest BCUT2D eigenvalue weighted by Gasteiger charge is 2.45. The molecule has 5 aliphatic rings. The van der Waals surface area contributed by atoms with E-state index in [1.807, 2.05) is 38.8 Å². The van der Waals surface area contributed by atoms with Crippen LogP contribution in [0.15, 0.2) is 158 Å². The molecule has 20 rings (SSSR count). The highest BCUT2D eigenvalue weighted by atomic mass is 35.5. The normalized spacial score (nSPS) is 21.3. The number of nitrogens with one attached hydrogen (secondary N) is 5. The number of fused-ring (bicyclic) bond motifs is 15. The molecule has 28 nitrogen and oxygen atoms in total. The number of benzene rings is 7. The van der Waals surface area contributed by atoms with E-state index in [-0.39, 0.29) is 44.2 Å². The average molecular weight is 2190 g/mol. The predicted molar refractivity (Wildman–Crippen MR) is 541 cm³/mol. The highest BCUT2D eigenvalue weighted by molar-refractivity contribution is 7.92. The Morgan fingerprint density at radius 1 is 0.299 bits per heavy atom. The van der Waals surface area contributed by atoms with E-state index >= 15 is 0 Å². The Bertz CT molecular complexity index is 7840. The molecule has 0 aliphatic carbocycles. The van der Waals surface area contributed by atoms with E-state index in [1.165, 1.54) is 18.3 Å². The molecule has 5 saturated heterocycles. The van der Waals surface area contributed by atoms with Crippen molar-refractivity contribution in [2.45, 2.75) is 202 Å². The van der Waals surface area contributed by atoms with E-state index in [0.29, 0.717) is 175 Å². The fourth-order valence-electron chi connectivity index (χ4n) is 21.4. The third-order valence-corrected chi connectivity index (χ3v) is 34.0. The Kier molecular flexibility index (Phi) is 31.1. The van der Waals surface area contributed by atoms with E-state index in [4.69, 9.17) is 23.2 Å². The largest absolute Gasteiger partial charge is 0.417 e. The Labute approximate surface area is 847 Å². The number of pyridine rings is 3. The van der Waals surface area contributed by atoms with Gasteiger partial charge in [0, 0.05) is 147 Å². The third-order valence-electron chi connectivity index (χ3n) is 27.6. The van der Waals surface area contributed by atoms with Crippen LogP contribution in [0, 0.1) is 27.7 Å². The van der Waals surface area contributed by atoms with Gasteiger partial charge in [0.25, 0.3) is 0 Å². The van der Waals surface area contributed by atoms with E-state index in [1.54, 1.807) is 90.8 Å². The second kappa shape index (κ2) is 41.7. The first-order valence-corrected chi connectivity index (χ1v) is 57.5. The van der Waals surface area contributed by atoms with Crippen LogP contribution >= 0.6 is 23.2 Å². The molecule has 792 valence electrons. The first kappa shape index (κ1) is 110. The van der Waals surface area contributed by atoms with Crippen molar-refractivity contribution in [2.75, 3.05) is 96.7 Å². The van der Waals surface area contributed by atoms with E-state index in [9.17, 15) is 120 Å². The molecule has 7 aromatic carbocycles. The number of hydrogen-bond acceptors (Lipinski definition) is 23. The van der Waals surface area contributed by atoms with Gasteiger partial charge in [-0.05, 0) is 239 Å². The summed E-state index contributed by atoms with van der Waals surface area (Å²) in [6.45, 7) is 12.7. The minimum atomic E-state index is -4.83. The van der Waals surface area contributed by atoms with E-state index in [0.717, 1.165) is 143 Å². The van der Waals surface area contributed by atoms with Crippen molar-refractivity contribution in [1.29, 1.82) is 0 Å². The minimum Gasteiger partial charge on any atom is -0.390 e. The average Bonchev–Trinajstić information content (AvgIpc) is 1.21. The molecule has 10 N–H and O–H groups in total. The smallest absolute Gasteiger partial charge is 0.390 e. The molecule has 5 fully saturated rings. The van der Waals surface area contributed by atoms with Gasteiger partial charge in [-0.1, -0.05) is 46.5 Å². The molecule has 5 aliphatic heterocycles. The number of alkyl halides is 12. The van der Waals surface area contributed by atoms with Gasteiger partial charge in [-0.15, -0.1) is 0 Å². The topological polar surface area (TPSA) is 395 Å². The molecule has 0 amide bonds. The lowest BCUT2D eigenvalue weighted by Crippen LogP contribution is -2.31. The highest BCUT2D eigenvalue weighted by Crippen LogP contribution is 2.51. The number of β-amino-alcohol motifs (C(OH)–C–C–N with tert-alkyl or cyclic N) is 5. The second-order valence-corrected chi connectivity index (χ2v) is 49.3. The van der Waals surface area contributed by atoms with Gasteiger partial charge < -0.3 is 75.0 Å². The van der Waals surface area contributed by atoms with Crippen molar-refractivity contribution < 1.29 is 120 Å². The summed E-state index contributed by atoms with van der Waals surface area (Å²) in [4.78, 5) is 10.4. The number of aromatic nitrogens is 8. The van der Waals surface area contributed by atoms with Crippen LogP contribution in [0.4, 0.5) is 52.7 Å². The fourth-order valence-corrected chi connectivity index (χ4v) is 27.3. The van der Waals surface area contributed by atoms with Crippen LogP contribution in [-0.2, 0) is 73.9 Å². The number of hydrogen-bond donors (Lipinski definition) is 10. The lowest BCUT2D eigenvalue weighted by atomic mass is 10.1. The van der Waals surface area contributed by atoms with Crippen LogP contribution in [0.25, 0.3) is 109 Å². The molecule has 15 aromatic rings. The molecule has 0 spiro atoms. The number of nitrogens with zero attached hydrogens (tertiary/aromatic N) is 8. The zero-order valence-electron chi connectivity index (χ0n) is 80.8. The maximum Gasteiger partial charge on any atom is 0.417 e. The predicted octanol–water partition coefficient (Wildman–Crippen LogP) is 17.2. The Morgan fingerprint density at radius 2 is 0.578 bits per heavy atom.